The SMILES string of the molecule is COc1cc(C=NNC(=O)c2[nH]c3c(C(F)(F)F)cccc3c2-c2ccccc2)ccc1OC(=O)c1cc(Cl)ccc1OC. The van der Waals surface area contributed by atoms with Gasteiger partial charge in [-0.2, -0.15) is 18.3 Å². The number of halogens is 4. The van der Waals surface area contributed by atoms with Crippen LogP contribution in [-0.4, -0.2) is 37.3 Å². The summed E-state index contributed by atoms with van der Waals surface area (Å²) in [4.78, 5) is 28.7. The Morgan fingerprint density at radius 2 is 1.61 bits per heavy atom. The molecule has 1 aromatic heterocycles. The van der Waals surface area contributed by atoms with Gasteiger partial charge in [-0.05, 0) is 53.6 Å². The first-order valence-electron chi connectivity index (χ1n) is 12.9. The highest BCUT2D eigenvalue weighted by Crippen LogP contribution is 2.39. The molecule has 4 aromatic carbocycles. The van der Waals surface area contributed by atoms with Crippen molar-refractivity contribution in [3.63, 3.8) is 0 Å². The Balaban J connectivity index is 1.39. The molecule has 44 heavy (non-hydrogen) atoms. The summed E-state index contributed by atoms with van der Waals surface area (Å²) in [6, 6.07) is 21.5. The van der Waals surface area contributed by atoms with Crippen molar-refractivity contribution < 1.29 is 37.0 Å². The average Bonchev–Trinajstić information content (AvgIpc) is 3.41. The standard InChI is InChI=1S/C32H23ClF3N3O5/c1-42-24-14-12-20(33)16-22(24)31(41)44-25-13-11-18(15-26(25)43-2)17-37-39-30(40)29-27(19-7-4-3-5-8-19)21-9-6-10-23(28(21)38-29)32(34,35)36/h3-17,38H,1-2H3,(H,39,40). The number of methoxy groups -OCH3 is 2. The zero-order chi connectivity index (χ0) is 31.4. The second-order valence-corrected chi connectivity index (χ2v) is 9.75. The van der Waals surface area contributed by atoms with E-state index >= 15 is 0 Å². The van der Waals surface area contributed by atoms with Crippen LogP contribution in [0.25, 0.3) is 22.0 Å². The third-order valence-electron chi connectivity index (χ3n) is 6.58. The number of esters is 1. The maximum atomic E-state index is 13.8. The fraction of sp³-hybridized carbons (Fsp3) is 0.0938. The first kappa shape index (κ1) is 30.2. The van der Waals surface area contributed by atoms with E-state index in [2.05, 4.69) is 15.5 Å². The van der Waals surface area contributed by atoms with Gasteiger partial charge in [0.05, 0.1) is 31.5 Å². The number of fused-ring (bicyclic) bond motifs is 1. The summed E-state index contributed by atoms with van der Waals surface area (Å²) >= 11 is 6.02. The van der Waals surface area contributed by atoms with E-state index < -0.39 is 23.6 Å². The Kier molecular flexibility index (Phi) is 8.59. The predicted molar refractivity (Wildman–Crippen MR) is 160 cm³/mol. The van der Waals surface area contributed by atoms with Gasteiger partial charge in [-0.25, -0.2) is 10.2 Å². The number of amides is 1. The van der Waals surface area contributed by atoms with Gasteiger partial charge in [-0.3, -0.25) is 4.79 Å². The average molecular weight is 622 g/mol. The number of alkyl halides is 3. The quantitative estimate of drug-likeness (QED) is 0.0808. The number of hydrazone groups is 1. The van der Waals surface area contributed by atoms with E-state index in [1.807, 2.05) is 0 Å². The highest BCUT2D eigenvalue weighted by atomic mass is 35.5. The Hall–Kier alpha value is -5.29. The molecule has 0 aliphatic carbocycles. The highest BCUT2D eigenvalue weighted by molar-refractivity contribution is 6.31. The Morgan fingerprint density at radius 1 is 0.886 bits per heavy atom. The van der Waals surface area contributed by atoms with Gasteiger partial charge in [0, 0.05) is 16.0 Å². The molecule has 0 saturated heterocycles. The minimum Gasteiger partial charge on any atom is -0.496 e. The number of carbonyl (C=O) groups is 2. The third kappa shape index (κ3) is 6.23. The van der Waals surface area contributed by atoms with Crippen molar-refractivity contribution in [3.8, 4) is 28.4 Å². The summed E-state index contributed by atoms with van der Waals surface area (Å²) < 4.78 is 57.3. The Bertz CT molecular complexity index is 1890. The molecule has 5 aromatic rings. The van der Waals surface area contributed by atoms with E-state index in [9.17, 15) is 22.8 Å². The molecule has 2 N–H and O–H groups in total. The molecule has 0 spiro atoms. The number of nitrogens with zero attached hydrogens (tertiary/aromatic N) is 1. The van der Waals surface area contributed by atoms with Crippen LogP contribution < -0.4 is 19.6 Å². The number of nitrogens with one attached hydrogen (secondary N) is 2. The monoisotopic (exact) mass is 621 g/mol. The van der Waals surface area contributed by atoms with Gasteiger partial charge < -0.3 is 19.2 Å². The Morgan fingerprint density at radius 3 is 2.32 bits per heavy atom. The van der Waals surface area contributed by atoms with Crippen LogP contribution in [0.2, 0.25) is 5.02 Å². The van der Waals surface area contributed by atoms with Crippen LogP contribution in [0.5, 0.6) is 17.2 Å². The number of aromatic amines is 1. The number of carbonyl (C=O) groups excluding carboxylic acids is 2. The van der Waals surface area contributed by atoms with Crippen molar-refractivity contribution in [2.45, 2.75) is 6.18 Å². The molecule has 1 amide bonds. The van der Waals surface area contributed by atoms with E-state index in [4.69, 9.17) is 25.8 Å². The first-order chi connectivity index (χ1) is 21.1. The van der Waals surface area contributed by atoms with Crippen LogP contribution in [-0.2, 0) is 6.18 Å². The first-order valence-corrected chi connectivity index (χ1v) is 13.3. The maximum Gasteiger partial charge on any atom is 0.418 e. The van der Waals surface area contributed by atoms with E-state index in [1.54, 1.807) is 42.5 Å². The van der Waals surface area contributed by atoms with Crippen molar-refractivity contribution >= 4 is 40.6 Å². The number of rotatable bonds is 8. The van der Waals surface area contributed by atoms with Crippen LogP contribution in [0.15, 0.2) is 90.0 Å². The molecule has 0 atom stereocenters. The molecule has 0 saturated carbocycles. The topological polar surface area (TPSA) is 102 Å². The molecule has 0 aliphatic rings. The van der Waals surface area contributed by atoms with E-state index in [1.165, 1.54) is 56.8 Å². The number of hydrogen-bond donors (Lipinski definition) is 2. The van der Waals surface area contributed by atoms with Crippen LogP contribution in [0.4, 0.5) is 13.2 Å². The van der Waals surface area contributed by atoms with Crippen LogP contribution in [0.3, 0.4) is 0 Å². The summed E-state index contributed by atoms with van der Waals surface area (Å²) in [6.45, 7) is 0. The normalized spacial score (nSPS) is 11.5. The molecule has 224 valence electrons. The minimum atomic E-state index is -4.63. The second kappa shape index (κ2) is 12.5. The number of para-hydroxylation sites is 1. The Labute approximate surface area is 254 Å². The van der Waals surface area contributed by atoms with Crippen molar-refractivity contribution in [1.82, 2.24) is 10.4 Å². The summed E-state index contributed by atoms with van der Waals surface area (Å²) in [7, 11) is 2.79. The molecule has 0 bridgehead atoms. The smallest absolute Gasteiger partial charge is 0.418 e. The number of benzene rings is 4. The molecular weight excluding hydrogens is 599 g/mol. The molecule has 12 heteroatoms. The third-order valence-corrected chi connectivity index (χ3v) is 6.82. The molecule has 1 heterocycles. The van der Waals surface area contributed by atoms with E-state index in [0.717, 1.165) is 6.07 Å². The summed E-state index contributed by atoms with van der Waals surface area (Å²) in [5.74, 6) is -0.907. The number of aromatic nitrogens is 1. The fourth-order valence-corrected chi connectivity index (χ4v) is 4.77. The van der Waals surface area contributed by atoms with Gasteiger partial charge in [-0.15, -0.1) is 0 Å². The molecular formula is C32H23ClF3N3O5. The predicted octanol–water partition coefficient (Wildman–Crippen LogP) is 7.51. The molecule has 0 radical (unpaired) electrons. The lowest BCUT2D eigenvalue weighted by atomic mass is 10.0. The lowest BCUT2D eigenvalue weighted by molar-refractivity contribution is -0.136. The lowest BCUT2D eigenvalue weighted by Gasteiger charge is -2.12. The second-order valence-electron chi connectivity index (χ2n) is 9.31. The van der Waals surface area contributed by atoms with Crippen LogP contribution >= 0.6 is 11.6 Å². The maximum absolute atomic E-state index is 13.8. The van der Waals surface area contributed by atoms with Gasteiger partial charge in [0.15, 0.2) is 11.5 Å². The van der Waals surface area contributed by atoms with Crippen molar-refractivity contribution in [3.05, 3.63) is 112 Å². The van der Waals surface area contributed by atoms with Gasteiger partial charge in [0.2, 0.25) is 0 Å². The number of hydrogen-bond acceptors (Lipinski definition) is 6. The van der Waals surface area contributed by atoms with Crippen molar-refractivity contribution in [2.24, 2.45) is 5.10 Å². The van der Waals surface area contributed by atoms with Gasteiger partial charge in [-0.1, -0.05) is 54.1 Å². The zero-order valence-corrected chi connectivity index (χ0v) is 23.9. The lowest BCUT2D eigenvalue weighted by Crippen LogP contribution is -2.19. The van der Waals surface area contributed by atoms with Gasteiger partial charge >= 0.3 is 12.1 Å². The van der Waals surface area contributed by atoms with E-state index in [0.29, 0.717) is 21.7 Å². The highest BCUT2D eigenvalue weighted by Gasteiger charge is 2.34. The van der Waals surface area contributed by atoms with Crippen molar-refractivity contribution in [2.75, 3.05) is 14.2 Å². The summed E-state index contributed by atoms with van der Waals surface area (Å²) in [6.07, 6.45) is -3.33. The molecule has 0 fully saturated rings. The molecule has 0 unspecified atom stereocenters. The number of H-pyrrole nitrogens is 1. The summed E-state index contributed by atoms with van der Waals surface area (Å²) in [5.41, 5.74) is 2.61. The number of ether oxygens (including phenoxy) is 3. The molecule has 0 aliphatic heterocycles. The van der Waals surface area contributed by atoms with Crippen molar-refractivity contribution in [1.29, 1.82) is 0 Å². The molecule has 5 rings (SSSR count). The largest absolute Gasteiger partial charge is 0.496 e. The fourth-order valence-electron chi connectivity index (χ4n) is 4.59. The molecule has 8 nitrogen and oxygen atoms in total. The zero-order valence-electron chi connectivity index (χ0n) is 23.2. The van der Waals surface area contributed by atoms with Gasteiger partial charge in [0.25, 0.3) is 5.91 Å². The van der Waals surface area contributed by atoms with Crippen LogP contribution in [0, 0.1) is 0 Å². The van der Waals surface area contributed by atoms with Gasteiger partial charge in [0.1, 0.15) is 17.0 Å². The van der Waals surface area contributed by atoms with E-state index in [-0.39, 0.29) is 39.4 Å². The van der Waals surface area contributed by atoms with Crippen LogP contribution in [0.1, 0.15) is 32.0 Å². The summed E-state index contributed by atoms with van der Waals surface area (Å²) in [5, 5.41) is 4.54. The minimum absolute atomic E-state index is 0.0867.